The van der Waals surface area contributed by atoms with Crippen molar-refractivity contribution in [3.8, 4) is 17.6 Å². The molecule has 42 heavy (non-hydrogen) atoms. The fourth-order valence-corrected chi connectivity index (χ4v) is 4.63. The van der Waals surface area contributed by atoms with Gasteiger partial charge in [-0.2, -0.15) is 5.26 Å². The number of nitrogens with zero attached hydrogens (tertiary/aromatic N) is 5. The van der Waals surface area contributed by atoms with Crippen LogP contribution < -0.4 is 15.6 Å². The van der Waals surface area contributed by atoms with Gasteiger partial charge in [0, 0.05) is 53.9 Å². The van der Waals surface area contributed by atoms with Gasteiger partial charge in [-0.05, 0) is 53.6 Å². The fourth-order valence-electron chi connectivity index (χ4n) is 4.28. The number of ether oxygens (including phenoxy) is 1. The molecule has 0 spiro atoms. The minimum atomic E-state index is -0.258. The number of pyridine rings is 2. The molecule has 2 aromatic carbocycles. The second-order valence-electron chi connectivity index (χ2n) is 9.33. The third-order valence-corrected chi connectivity index (χ3v) is 6.82. The van der Waals surface area contributed by atoms with Gasteiger partial charge >= 0.3 is 0 Å². The number of aromatic nitrogens is 4. The standard InChI is InChI=1S/C31H24Cl2N6O3/c32-25-3-1-2-23(14-25)31(41)36-10-11-42-28-13-22(4-6-24(28)15-34)18-38-20-35-17-27(38)12-21-5-8-29(37-16-21)39-19-26(33)7-9-30(39)40/h1-9,13-14,16-17,19-20H,10-12,18H2,(H,36,41). The minimum Gasteiger partial charge on any atom is -0.490 e. The number of carbonyl (C=O) groups excluding carboxylic acids is 1. The molecule has 0 atom stereocenters. The lowest BCUT2D eigenvalue weighted by atomic mass is 10.1. The van der Waals surface area contributed by atoms with Gasteiger partial charge in [0.15, 0.2) is 0 Å². The lowest BCUT2D eigenvalue weighted by Gasteiger charge is -2.13. The molecule has 0 unspecified atom stereocenters. The van der Waals surface area contributed by atoms with Crippen molar-refractivity contribution in [2.24, 2.45) is 0 Å². The van der Waals surface area contributed by atoms with Gasteiger partial charge in [-0.25, -0.2) is 9.97 Å². The molecule has 0 saturated carbocycles. The number of hydrogen-bond acceptors (Lipinski definition) is 6. The zero-order valence-corrected chi connectivity index (χ0v) is 23.7. The summed E-state index contributed by atoms with van der Waals surface area (Å²) in [5, 5.41) is 13.3. The Morgan fingerprint density at radius 2 is 1.86 bits per heavy atom. The molecule has 1 N–H and O–H groups in total. The molecule has 11 heteroatoms. The third kappa shape index (κ3) is 7.04. The zero-order valence-electron chi connectivity index (χ0n) is 22.2. The molecule has 0 aliphatic carbocycles. The van der Waals surface area contributed by atoms with Crippen LogP contribution in [0.15, 0.2) is 96.4 Å². The first kappa shape index (κ1) is 28.6. The second kappa shape index (κ2) is 13.2. The quantitative estimate of drug-likeness (QED) is 0.225. The van der Waals surface area contributed by atoms with Gasteiger partial charge in [-0.15, -0.1) is 0 Å². The number of halogens is 2. The summed E-state index contributed by atoms with van der Waals surface area (Å²) >= 11 is 12.0. The number of amides is 1. The molecule has 0 aliphatic heterocycles. The summed E-state index contributed by atoms with van der Waals surface area (Å²) in [7, 11) is 0. The molecule has 0 aliphatic rings. The summed E-state index contributed by atoms with van der Waals surface area (Å²) in [5.74, 6) is 0.657. The van der Waals surface area contributed by atoms with Gasteiger partial charge in [0.05, 0.1) is 23.5 Å². The van der Waals surface area contributed by atoms with Gasteiger partial charge < -0.3 is 14.6 Å². The molecule has 3 aromatic heterocycles. The van der Waals surface area contributed by atoms with Crippen molar-refractivity contribution in [3.63, 3.8) is 0 Å². The van der Waals surface area contributed by atoms with Gasteiger partial charge in [0.2, 0.25) is 0 Å². The average Bonchev–Trinajstić information content (AvgIpc) is 3.43. The number of carbonyl (C=O) groups is 1. The highest BCUT2D eigenvalue weighted by Gasteiger charge is 2.11. The summed E-state index contributed by atoms with van der Waals surface area (Å²) < 4.78 is 9.26. The van der Waals surface area contributed by atoms with Crippen molar-refractivity contribution >= 4 is 29.1 Å². The molecule has 0 saturated heterocycles. The summed E-state index contributed by atoms with van der Waals surface area (Å²) in [6, 6.07) is 20.9. The molecule has 210 valence electrons. The van der Waals surface area contributed by atoms with Crippen LogP contribution in [0.3, 0.4) is 0 Å². The van der Waals surface area contributed by atoms with Crippen molar-refractivity contribution in [3.05, 3.63) is 140 Å². The molecule has 0 radical (unpaired) electrons. The Balaban J connectivity index is 1.22. The number of imidazole rings is 1. The van der Waals surface area contributed by atoms with Crippen LogP contribution >= 0.6 is 23.2 Å². The van der Waals surface area contributed by atoms with Crippen LogP contribution in [0, 0.1) is 11.3 Å². The summed E-state index contributed by atoms with van der Waals surface area (Å²) in [5.41, 5.74) is 3.46. The largest absolute Gasteiger partial charge is 0.490 e. The lowest BCUT2D eigenvalue weighted by Crippen LogP contribution is -2.28. The zero-order chi connectivity index (χ0) is 29.5. The number of benzene rings is 2. The van der Waals surface area contributed by atoms with E-state index in [2.05, 4.69) is 21.4 Å². The van der Waals surface area contributed by atoms with E-state index >= 15 is 0 Å². The van der Waals surface area contributed by atoms with Crippen LogP contribution in [0.25, 0.3) is 5.82 Å². The van der Waals surface area contributed by atoms with Crippen molar-refractivity contribution < 1.29 is 9.53 Å². The SMILES string of the molecule is N#Cc1ccc(Cn2cncc2Cc2ccc(-n3cc(Cl)ccc3=O)nc2)cc1OCCNC(=O)c1cccc(Cl)c1. The van der Waals surface area contributed by atoms with E-state index in [4.69, 9.17) is 27.9 Å². The van der Waals surface area contributed by atoms with Crippen LogP contribution in [-0.4, -0.2) is 38.2 Å². The van der Waals surface area contributed by atoms with Crippen LogP contribution in [0.5, 0.6) is 5.75 Å². The Labute approximate surface area is 251 Å². The van der Waals surface area contributed by atoms with E-state index in [1.165, 1.54) is 16.8 Å². The molecular weight excluding hydrogens is 575 g/mol. The van der Waals surface area contributed by atoms with Gasteiger partial charge in [-0.3, -0.25) is 14.2 Å². The van der Waals surface area contributed by atoms with E-state index in [0.29, 0.717) is 45.7 Å². The highest BCUT2D eigenvalue weighted by molar-refractivity contribution is 6.31. The second-order valence-corrected chi connectivity index (χ2v) is 10.2. The minimum absolute atomic E-state index is 0.186. The number of nitrogens with one attached hydrogen (secondary N) is 1. The normalized spacial score (nSPS) is 10.7. The van der Waals surface area contributed by atoms with Gasteiger partial charge in [-0.1, -0.05) is 41.4 Å². The number of nitriles is 1. The predicted octanol–water partition coefficient (Wildman–Crippen LogP) is 5.06. The van der Waals surface area contributed by atoms with Crippen LogP contribution in [0.1, 0.15) is 32.7 Å². The van der Waals surface area contributed by atoms with E-state index in [0.717, 1.165) is 16.8 Å². The van der Waals surface area contributed by atoms with Crippen molar-refractivity contribution in [2.45, 2.75) is 13.0 Å². The van der Waals surface area contributed by atoms with E-state index in [9.17, 15) is 14.9 Å². The highest BCUT2D eigenvalue weighted by Crippen LogP contribution is 2.21. The Kier molecular flexibility index (Phi) is 8.97. The Bertz CT molecular complexity index is 1830. The molecule has 5 rings (SSSR count). The molecule has 9 nitrogen and oxygen atoms in total. The van der Waals surface area contributed by atoms with E-state index in [-0.39, 0.29) is 24.6 Å². The van der Waals surface area contributed by atoms with Gasteiger partial charge in [0.25, 0.3) is 11.5 Å². The average molecular weight is 599 g/mol. The number of hydrogen-bond donors (Lipinski definition) is 1. The van der Waals surface area contributed by atoms with Crippen molar-refractivity contribution in [1.29, 1.82) is 5.26 Å². The van der Waals surface area contributed by atoms with Crippen molar-refractivity contribution in [2.75, 3.05) is 13.2 Å². The summed E-state index contributed by atoms with van der Waals surface area (Å²) in [6.07, 6.45) is 7.36. The van der Waals surface area contributed by atoms with Gasteiger partial charge in [0.1, 0.15) is 24.2 Å². The van der Waals surface area contributed by atoms with Crippen LogP contribution in [0.4, 0.5) is 0 Å². The molecule has 1 amide bonds. The first-order chi connectivity index (χ1) is 20.4. The monoisotopic (exact) mass is 598 g/mol. The molecule has 3 heterocycles. The molecular formula is C31H24Cl2N6O3. The smallest absolute Gasteiger partial charge is 0.256 e. The van der Waals surface area contributed by atoms with Crippen LogP contribution in [0.2, 0.25) is 10.0 Å². The summed E-state index contributed by atoms with van der Waals surface area (Å²) in [6.45, 7) is 0.947. The topological polar surface area (TPSA) is 115 Å². The van der Waals surface area contributed by atoms with E-state index in [1.54, 1.807) is 61.2 Å². The first-order valence-electron chi connectivity index (χ1n) is 12.9. The lowest BCUT2D eigenvalue weighted by molar-refractivity contribution is 0.0947. The number of rotatable bonds is 10. The predicted molar refractivity (Wildman–Crippen MR) is 159 cm³/mol. The van der Waals surface area contributed by atoms with E-state index < -0.39 is 0 Å². The maximum absolute atomic E-state index is 12.3. The first-order valence-corrected chi connectivity index (χ1v) is 13.7. The Morgan fingerprint density at radius 3 is 2.64 bits per heavy atom. The maximum atomic E-state index is 12.3. The molecule has 5 aromatic rings. The third-order valence-electron chi connectivity index (χ3n) is 6.37. The molecule has 0 fully saturated rings. The van der Waals surface area contributed by atoms with Crippen molar-refractivity contribution in [1.82, 2.24) is 24.4 Å². The highest BCUT2D eigenvalue weighted by atomic mass is 35.5. The van der Waals surface area contributed by atoms with E-state index in [1.807, 2.05) is 22.8 Å². The molecule has 0 bridgehead atoms. The summed E-state index contributed by atoms with van der Waals surface area (Å²) in [4.78, 5) is 33.2. The van der Waals surface area contributed by atoms with Crippen LogP contribution in [-0.2, 0) is 13.0 Å². The maximum Gasteiger partial charge on any atom is 0.256 e. The Morgan fingerprint density at radius 1 is 1.00 bits per heavy atom. The fraction of sp³-hybridized carbons (Fsp3) is 0.129. The Hall–Kier alpha value is -4.91.